The van der Waals surface area contributed by atoms with Crippen LogP contribution >= 0.6 is 0 Å². The molecule has 0 amide bonds. The van der Waals surface area contributed by atoms with Crippen molar-refractivity contribution in [1.29, 1.82) is 0 Å². The first-order chi connectivity index (χ1) is 10.1. The average Bonchev–Trinajstić information content (AvgIpc) is 2.92. The molecular weight excluding hydrogens is 270 g/mol. The van der Waals surface area contributed by atoms with Crippen LogP contribution in [0.3, 0.4) is 0 Å². The third kappa shape index (κ3) is 3.40. The minimum absolute atomic E-state index is 0.0359. The summed E-state index contributed by atoms with van der Waals surface area (Å²) in [6.45, 7) is 8.30. The molecule has 1 N–H and O–H groups in total. The maximum Gasteiger partial charge on any atom is 0.332 e. The van der Waals surface area contributed by atoms with E-state index < -0.39 is 0 Å². The molecule has 1 fully saturated rings. The molecule has 0 radical (unpaired) electrons. The molecule has 2 heterocycles. The molecular formula is C14H23N5O2. The number of nitro groups is 1. The van der Waals surface area contributed by atoms with Gasteiger partial charge < -0.3 is 10.2 Å². The standard InChI is InChI=1S/C14H23N5O2/c1-4-7-15-14-16-10(3)12(19(20)21)13(17-14)18-8-6-11(5-2)9-18/h11H,4-9H2,1-3H3,(H,15,16,17). The first-order valence-corrected chi connectivity index (χ1v) is 7.58. The van der Waals surface area contributed by atoms with E-state index in [-0.39, 0.29) is 10.6 Å². The zero-order valence-electron chi connectivity index (χ0n) is 12.9. The molecule has 0 spiro atoms. The van der Waals surface area contributed by atoms with Crippen LogP contribution < -0.4 is 10.2 Å². The van der Waals surface area contributed by atoms with Gasteiger partial charge in [0.05, 0.1) is 4.92 Å². The lowest BCUT2D eigenvalue weighted by atomic mass is 10.1. The van der Waals surface area contributed by atoms with E-state index in [0.29, 0.717) is 23.4 Å². The van der Waals surface area contributed by atoms with Crippen molar-refractivity contribution in [3.63, 3.8) is 0 Å². The predicted molar refractivity (Wildman–Crippen MR) is 82.8 cm³/mol. The summed E-state index contributed by atoms with van der Waals surface area (Å²) in [7, 11) is 0. The minimum atomic E-state index is -0.368. The van der Waals surface area contributed by atoms with Gasteiger partial charge in [-0.1, -0.05) is 20.3 Å². The number of rotatable bonds is 6. The van der Waals surface area contributed by atoms with Gasteiger partial charge in [0, 0.05) is 19.6 Å². The molecule has 0 saturated carbocycles. The Morgan fingerprint density at radius 2 is 2.19 bits per heavy atom. The normalized spacial score (nSPS) is 18.0. The Bertz CT molecular complexity index is 520. The van der Waals surface area contributed by atoms with Gasteiger partial charge in [-0.05, 0) is 25.7 Å². The molecule has 1 aliphatic heterocycles. The number of hydrogen-bond acceptors (Lipinski definition) is 6. The van der Waals surface area contributed by atoms with Crippen molar-refractivity contribution in [2.45, 2.75) is 40.0 Å². The second-order valence-corrected chi connectivity index (χ2v) is 5.50. The van der Waals surface area contributed by atoms with Crippen LogP contribution in [0.2, 0.25) is 0 Å². The van der Waals surface area contributed by atoms with E-state index in [4.69, 9.17) is 0 Å². The Labute approximate surface area is 124 Å². The number of aryl methyl sites for hydroxylation is 1. The number of nitrogens with zero attached hydrogens (tertiary/aromatic N) is 4. The highest BCUT2D eigenvalue weighted by atomic mass is 16.6. The van der Waals surface area contributed by atoms with Gasteiger partial charge >= 0.3 is 5.69 Å². The van der Waals surface area contributed by atoms with Crippen LogP contribution in [0.15, 0.2) is 0 Å². The molecule has 7 nitrogen and oxygen atoms in total. The highest BCUT2D eigenvalue weighted by Crippen LogP contribution is 2.33. The fourth-order valence-electron chi connectivity index (χ4n) is 2.66. The molecule has 1 aliphatic rings. The Hall–Kier alpha value is -1.92. The van der Waals surface area contributed by atoms with Crippen LogP contribution in [0.5, 0.6) is 0 Å². The number of aromatic nitrogens is 2. The summed E-state index contributed by atoms with van der Waals surface area (Å²) in [5.41, 5.74) is 0.456. The van der Waals surface area contributed by atoms with Gasteiger partial charge in [0.25, 0.3) is 0 Å². The molecule has 21 heavy (non-hydrogen) atoms. The highest BCUT2D eigenvalue weighted by molar-refractivity contribution is 5.63. The second-order valence-electron chi connectivity index (χ2n) is 5.50. The van der Waals surface area contributed by atoms with Gasteiger partial charge in [-0.25, -0.2) is 4.98 Å². The summed E-state index contributed by atoms with van der Waals surface area (Å²) in [4.78, 5) is 21.6. The molecule has 1 unspecified atom stereocenters. The van der Waals surface area contributed by atoms with Gasteiger partial charge in [0.1, 0.15) is 5.69 Å². The third-order valence-electron chi connectivity index (χ3n) is 3.92. The molecule has 116 valence electrons. The molecule has 0 bridgehead atoms. The van der Waals surface area contributed by atoms with Crippen LogP contribution in [0.1, 0.15) is 38.8 Å². The average molecular weight is 293 g/mol. The van der Waals surface area contributed by atoms with Gasteiger partial charge in [-0.15, -0.1) is 0 Å². The van der Waals surface area contributed by atoms with Crippen molar-refractivity contribution in [3.8, 4) is 0 Å². The molecule has 1 atom stereocenters. The Morgan fingerprint density at radius 1 is 1.43 bits per heavy atom. The number of nitrogens with one attached hydrogen (secondary N) is 1. The van der Waals surface area contributed by atoms with Crippen LogP contribution in [-0.4, -0.2) is 34.5 Å². The second kappa shape index (κ2) is 6.69. The predicted octanol–water partition coefficient (Wildman–Crippen LogP) is 2.75. The van der Waals surface area contributed by atoms with Crippen molar-refractivity contribution in [1.82, 2.24) is 9.97 Å². The zero-order chi connectivity index (χ0) is 15.4. The van der Waals surface area contributed by atoms with Crippen molar-refractivity contribution in [2.75, 3.05) is 29.9 Å². The fourth-order valence-corrected chi connectivity index (χ4v) is 2.66. The van der Waals surface area contributed by atoms with E-state index in [9.17, 15) is 10.1 Å². The van der Waals surface area contributed by atoms with Gasteiger partial charge in [0.2, 0.25) is 11.8 Å². The smallest absolute Gasteiger partial charge is 0.332 e. The van der Waals surface area contributed by atoms with Crippen LogP contribution in [0.4, 0.5) is 17.5 Å². The van der Waals surface area contributed by atoms with Gasteiger partial charge in [-0.3, -0.25) is 10.1 Å². The first kappa shape index (κ1) is 15.5. The van der Waals surface area contributed by atoms with Crippen molar-refractivity contribution in [2.24, 2.45) is 5.92 Å². The number of hydrogen-bond donors (Lipinski definition) is 1. The Kier molecular flexibility index (Phi) is 4.93. The SMILES string of the molecule is CCCNc1nc(C)c([N+](=O)[O-])c(N2CCC(CC)C2)n1. The molecule has 2 rings (SSSR count). The van der Waals surface area contributed by atoms with E-state index in [0.717, 1.165) is 38.9 Å². The summed E-state index contributed by atoms with van der Waals surface area (Å²) in [5.74, 6) is 1.53. The first-order valence-electron chi connectivity index (χ1n) is 7.58. The lowest BCUT2D eigenvalue weighted by molar-refractivity contribution is -0.385. The summed E-state index contributed by atoms with van der Waals surface area (Å²) in [5, 5.41) is 14.5. The van der Waals surface area contributed by atoms with E-state index in [2.05, 4.69) is 29.1 Å². The molecule has 1 saturated heterocycles. The molecule has 0 aliphatic carbocycles. The molecule has 1 aromatic heterocycles. The lowest BCUT2D eigenvalue weighted by Crippen LogP contribution is -2.23. The largest absolute Gasteiger partial charge is 0.354 e. The maximum atomic E-state index is 11.4. The monoisotopic (exact) mass is 293 g/mol. The molecule has 0 aromatic carbocycles. The van der Waals surface area contributed by atoms with E-state index in [1.165, 1.54) is 0 Å². The lowest BCUT2D eigenvalue weighted by Gasteiger charge is -2.18. The summed E-state index contributed by atoms with van der Waals surface area (Å²) in [6, 6.07) is 0. The summed E-state index contributed by atoms with van der Waals surface area (Å²) in [6.07, 6.45) is 3.11. The zero-order valence-corrected chi connectivity index (χ0v) is 12.9. The van der Waals surface area contributed by atoms with E-state index >= 15 is 0 Å². The van der Waals surface area contributed by atoms with Crippen LogP contribution in [0, 0.1) is 23.0 Å². The van der Waals surface area contributed by atoms with Crippen LogP contribution in [-0.2, 0) is 0 Å². The van der Waals surface area contributed by atoms with Gasteiger partial charge in [-0.2, -0.15) is 4.98 Å². The Morgan fingerprint density at radius 3 is 2.76 bits per heavy atom. The van der Waals surface area contributed by atoms with Crippen molar-refractivity contribution >= 4 is 17.5 Å². The minimum Gasteiger partial charge on any atom is -0.354 e. The number of anilines is 2. The van der Waals surface area contributed by atoms with Crippen molar-refractivity contribution < 1.29 is 4.92 Å². The molecule has 1 aromatic rings. The van der Waals surface area contributed by atoms with E-state index in [1.54, 1.807) is 6.92 Å². The summed E-state index contributed by atoms with van der Waals surface area (Å²) < 4.78 is 0. The fraction of sp³-hybridized carbons (Fsp3) is 0.714. The summed E-state index contributed by atoms with van der Waals surface area (Å²) >= 11 is 0. The topological polar surface area (TPSA) is 84.2 Å². The van der Waals surface area contributed by atoms with E-state index in [1.807, 2.05) is 4.90 Å². The van der Waals surface area contributed by atoms with Crippen molar-refractivity contribution in [3.05, 3.63) is 15.8 Å². The quantitative estimate of drug-likeness (QED) is 0.641. The highest BCUT2D eigenvalue weighted by Gasteiger charge is 2.30. The maximum absolute atomic E-state index is 11.4. The van der Waals surface area contributed by atoms with Crippen LogP contribution in [0.25, 0.3) is 0 Å². The third-order valence-corrected chi connectivity index (χ3v) is 3.92. The van der Waals surface area contributed by atoms with Gasteiger partial charge in [0.15, 0.2) is 0 Å². The molecule has 7 heteroatoms. The Balaban J connectivity index is 2.35.